The number of sulfone groups is 1. The molecule has 0 bridgehead atoms. The standard InChI is InChI=1S/C10H15N3O4S/c1-17-6-8(11)10(14)13-7-3-4-9(12-5-7)18(2,15)16/h3-5,8H,6,11H2,1-2H3,(H,13,14). The first-order valence-electron chi connectivity index (χ1n) is 5.06. The molecule has 0 saturated carbocycles. The molecule has 0 aliphatic heterocycles. The van der Waals surface area contributed by atoms with Crippen LogP contribution < -0.4 is 11.1 Å². The number of methoxy groups -OCH3 is 1. The van der Waals surface area contributed by atoms with E-state index in [-0.39, 0.29) is 11.6 Å². The summed E-state index contributed by atoms with van der Waals surface area (Å²) in [6, 6.07) is 1.97. The molecule has 1 heterocycles. The van der Waals surface area contributed by atoms with Gasteiger partial charge in [0.25, 0.3) is 0 Å². The second-order valence-electron chi connectivity index (χ2n) is 3.71. The van der Waals surface area contributed by atoms with Gasteiger partial charge in [-0.15, -0.1) is 0 Å². The van der Waals surface area contributed by atoms with Crippen molar-refractivity contribution in [2.75, 3.05) is 25.3 Å². The van der Waals surface area contributed by atoms with Crippen molar-refractivity contribution in [3.8, 4) is 0 Å². The van der Waals surface area contributed by atoms with Crippen molar-refractivity contribution in [1.82, 2.24) is 4.98 Å². The Balaban J connectivity index is 2.73. The Morgan fingerprint density at radius 2 is 2.22 bits per heavy atom. The van der Waals surface area contributed by atoms with Crippen LogP contribution in [0, 0.1) is 0 Å². The van der Waals surface area contributed by atoms with Crippen molar-refractivity contribution >= 4 is 21.4 Å². The number of hydrogen-bond donors (Lipinski definition) is 2. The molecular weight excluding hydrogens is 258 g/mol. The smallest absolute Gasteiger partial charge is 0.243 e. The fourth-order valence-corrected chi connectivity index (χ4v) is 1.72. The van der Waals surface area contributed by atoms with Crippen molar-refractivity contribution in [2.45, 2.75) is 11.1 Å². The van der Waals surface area contributed by atoms with E-state index in [0.717, 1.165) is 6.26 Å². The van der Waals surface area contributed by atoms with E-state index < -0.39 is 21.8 Å². The highest BCUT2D eigenvalue weighted by Gasteiger charge is 2.14. The molecule has 1 aromatic rings. The normalized spacial score (nSPS) is 13.1. The molecule has 0 spiro atoms. The van der Waals surface area contributed by atoms with E-state index in [1.54, 1.807) is 0 Å². The van der Waals surface area contributed by atoms with Gasteiger partial charge in [-0.05, 0) is 12.1 Å². The number of aromatic nitrogens is 1. The van der Waals surface area contributed by atoms with Gasteiger partial charge >= 0.3 is 0 Å². The van der Waals surface area contributed by atoms with E-state index in [4.69, 9.17) is 10.5 Å². The summed E-state index contributed by atoms with van der Waals surface area (Å²) in [5, 5.41) is 2.45. The maximum atomic E-state index is 11.5. The van der Waals surface area contributed by atoms with Gasteiger partial charge in [-0.3, -0.25) is 4.79 Å². The Kier molecular flexibility index (Phi) is 4.76. The SMILES string of the molecule is COCC(N)C(=O)Nc1ccc(S(C)(=O)=O)nc1. The van der Waals surface area contributed by atoms with E-state index in [9.17, 15) is 13.2 Å². The molecule has 18 heavy (non-hydrogen) atoms. The monoisotopic (exact) mass is 273 g/mol. The molecular formula is C10H15N3O4S. The minimum absolute atomic E-state index is 0.0540. The Bertz CT molecular complexity index is 512. The lowest BCUT2D eigenvalue weighted by atomic mass is 10.3. The molecule has 0 radical (unpaired) electrons. The Morgan fingerprint density at radius 3 is 2.67 bits per heavy atom. The number of hydrogen-bond acceptors (Lipinski definition) is 6. The van der Waals surface area contributed by atoms with Crippen LogP contribution in [0.2, 0.25) is 0 Å². The van der Waals surface area contributed by atoms with Crippen LogP contribution in [-0.4, -0.2) is 45.3 Å². The first-order chi connectivity index (χ1) is 8.34. The zero-order valence-electron chi connectivity index (χ0n) is 10.1. The summed E-state index contributed by atoms with van der Waals surface area (Å²) in [6.45, 7) is 0.0979. The maximum Gasteiger partial charge on any atom is 0.243 e. The quantitative estimate of drug-likeness (QED) is 0.740. The van der Waals surface area contributed by atoms with E-state index in [1.807, 2.05) is 0 Å². The molecule has 8 heteroatoms. The average Bonchev–Trinajstić information content (AvgIpc) is 2.28. The summed E-state index contributed by atoms with van der Waals surface area (Å²) >= 11 is 0. The van der Waals surface area contributed by atoms with Crippen molar-refractivity contribution in [1.29, 1.82) is 0 Å². The number of nitrogens with zero attached hydrogens (tertiary/aromatic N) is 1. The van der Waals surface area contributed by atoms with Crippen LogP contribution >= 0.6 is 0 Å². The van der Waals surface area contributed by atoms with Crippen LogP contribution in [0.25, 0.3) is 0 Å². The lowest BCUT2D eigenvalue weighted by Gasteiger charge is -2.10. The third-order valence-electron chi connectivity index (χ3n) is 2.07. The minimum Gasteiger partial charge on any atom is -0.383 e. The number of nitrogens with two attached hydrogens (primary N) is 1. The zero-order chi connectivity index (χ0) is 13.8. The van der Waals surface area contributed by atoms with Gasteiger partial charge in [0.1, 0.15) is 6.04 Å². The number of ether oxygens (including phenoxy) is 1. The summed E-state index contributed by atoms with van der Waals surface area (Å²) in [4.78, 5) is 15.3. The van der Waals surface area contributed by atoms with Gasteiger partial charge < -0.3 is 15.8 Å². The summed E-state index contributed by atoms with van der Waals surface area (Å²) in [5.74, 6) is -0.425. The molecule has 1 aromatic heterocycles. The number of pyridine rings is 1. The van der Waals surface area contributed by atoms with Crippen molar-refractivity contribution in [3.63, 3.8) is 0 Å². The first kappa shape index (κ1) is 14.6. The fourth-order valence-electron chi connectivity index (χ4n) is 1.16. The molecule has 1 atom stereocenters. The predicted molar refractivity (Wildman–Crippen MR) is 65.8 cm³/mol. The van der Waals surface area contributed by atoms with Crippen molar-refractivity contribution in [3.05, 3.63) is 18.3 Å². The van der Waals surface area contributed by atoms with Crippen LogP contribution in [0.3, 0.4) is 0 Å². The number of nitrogens with one attached hydrogen (secondary N) is 1. The highest BCUT2D eigenvalue weighted by Crippen LogP contribution is 2.10. The molecule has 0 fully saturated rings. The number of anilines is 1. The van der Waals surface area contributed by atoms with Crippen molar-refractivity contribution in [2.24, 2.45) is 5.73 Å². The molecule has 0 saturated heterocycles. The van der Waals surface area contributed by atoms with Crippen LogP contribution in [0.15, 0.2) is 23.4 Å². The van der Waals surface area contributed by atoms with Gasteiger partial charge in [0.2, 0.25) is 5.91 Å². The summed E-state index contributed by atoms with van der Waals surface area (Å²) in [6.07, 6.45) is 2.32. The Morgan fingerprint density at radius 1 is 1.56 bits per heavy atom. The predicted octanol–water partition coefficient (Wildman–Crippen LogP) is -0.603. The molecule has 0 aromatic carbocycles. The second kappa shape index (κ2) is 5.89. The van der Waals surface area contributed by atoms with Crippen LogP contribution in [0.5, 0.6) is 0 Å². The number of rotatable bonds is 5. The molecule has 1 rings (SSSR count). The van der Waals surface area contributed by atoms with Gasteiger partial charge in [0.15, 0.2) is 14.9 Å². The summed E-state index contributed by atoms with van der Waals surface area (Å²) < 4.78 is 27.1. The Hall–Kier alpha value is -1.51. The average molecular weight is 273 g/mol. The highest BCUT2D eigenvalue weighted by molar-refractivity contribution is 7.90. The van der Waals surface area contributed by atoms with Gasteiger partial charge in [-0.1, -0.05) is 0 Å². The van der Waals surface area contributed by atoms with Gasteiger partial charge in [0, 0.05) is 13.4 Å². The van der Waals surface area contributed by atoms with Crippen molar-refractivity contribution < 1.29 is 17.9 Å². The van der Waals surface area contributed by atoms with Crippen LogP contribution in [0.1, 0.15) is 0 Å². The third kappa shape index (κ3) is 4.06. The number of carbonyl (C=O) groups is 1. The Labute approximate surface area is 105 Å². The minimum atomic E-state index is -3.34. The topological polar surface area (TPSA) is 111 Å². The lowest BCUT2D eigenvalue weighted by Crippen LogP contribution is -2.39. The van der Waals surface area contributed by atoms with E-state index in [2.05, 4.69) is 10.3 Å². The fraction of sp³-hybridized carbons (Fsp3) is 0.400. The zero-order valence-corrected chi connectivity index (χ0v) is 10.9. The second-order valence-corrected chi connectivity index (χ2v) is 5.67. The summed E-state index contributed by atoms with van der Waals surface area (Å²) in [5.41, 5.74) is 5.90. The molecule has 0 aliphatic carbocycles. The largest absolute Gasteiger partial charge is 0.383 e. The lowest BCUT2D eigenvalue weighted by molar-refractivity contribution is -0.118. The van der Waals surface area contributed by atoms with E-state index in [1.165, 1.54) is 25.4 Å². The highest BCUT2D eigenvalue weighted by atomic mass is 32.2. The van der Waals surface area contributed by atoms with Crippen LogP contribution in [-0.2, 0) is 19.4 Å². The van der Waals surface area contributed by atoms with Gasteiger partial charge in [0.05, 0.1) is 18.5 Å². The van der Waals surface area contributed by atoms with E-state index >= 15 is 0 Å². The number of amides is 1. The molecule has 1 amide bonds. The molecule has 1 unspecified atom stereocenters. The molecule has 7 nitrogen and oxygen atoms in total. The summed E-state index contributed by atoms with van der Waals surface area (Å²) in [7, 11) is -1.90. The van der Waals surface area contributed by atoms with Gasteiger partial charge in [-0.2, -0.15) is 0 Å². The first-order valence-corrected chi connectivity index (χ1v) is 6.95. The molecule has 3 N–H and O–H groups in total. The number of carbonyl (C=O) groups excluding carboxylic acids is 1. The van der Waals surface area contributed by atoms with Crippen LogP contribution in [0.4, 0.5) is 5.69 Å². The maximum absolute atomic E-state index is 11.5. The molecule has 0 aliphatic rings. The third-order valence-corrected chi connectivity index (χ3v) is 3.07. The van der Waals surface area contributed by atoms with Gasteiger partial charge in [-0.25, -0.2) is 13.4 Å². The van der Waals surface area contributed by atoms with E-state index in [0.29, 0.717) is 5.69 Å². The molecule has 100 valence electrons.